The lowest BCUT2D eigenvalue weighted by atomic mass is 9.65. The molecule has 5 heteroatoms. The third-order valence-electron chi connectivity index (χ3n) is 5.04. The van der Waals surface area contributed by atoms with Gasteiger partial charge in [0.2, 0.25) is 5.91 Å². The number of carbonyl (C=O) groups is 2. The number of aliphatic carboxylic acids is 1. The van der Waals surface area contributed by atoms with E-state index in [1.165, 1.54) is 0 Å². The highest BCUT2D eigenvalue weighted by molar-refractivity contribution is 7.99. The first kappa shape index (κ1) is 13.7. The first-order valence-electron chi connectivity index (χ1n) is 6.40. The van der Waals surface area contributed by atoms with Crippen LogP contribution >= 0.6 is 11.8 Å². The molecule has 1 amide bonds. The maximum Gasteiger partial charge on any atom is 0.307 e. The largest absolute Gasteiger partial charge is 0.481 e. The normalized spacial score (nSPS) is 34.8. The van der Waals surface area contributed by atoms with Crippen molar-refractivity contribution < 1.29 is 14.7 Å². The summed E-state index contributed by atoms with van der Waals surface area (Å²) in [5.74, 6) is 0.697. The zero-order valence-electron chi connectivity index (χ0n) is 11.2. The van der Waals surface area contributed by atoms with Gasteiger partial charge in [0, 0.05) is 12.3 Å². The summed E-state index contributed by atoms with van der Waals surface area (Å²) in [5, 5.41) is 9.30. The van der Waals surface area contributed by atoms with Gasteiger partial charge in [-0.05, 0) is 18.3 Å². The van der Waals surface area contributed by atoms with Crippen LogP contribution in [0.2, 0.25) is 0 Å². The van der Waals surface area contributed by atoms with Gasteiger partial charge in [0.1, 0.15) is 0 Å². The second-order valence-corrected chi connectivity index (χ2v) is 7.16. The van der Waals surface area contributed by atoms with Gasteiger partial charge >= 0.3 is 5.97 Å². The van der Waals surface area contributed by atoms with E-state index in [9.17, 15) is 14.7 Å². The van der Waals surface area contributed by atoms with Crippen LogP contribution in [-0.4, -0.2) is 40.1 Å². The van der Waals surface area contributed by atoms with Crippen molar-refractivity contribution in [3.05, 3.63) is 0 Å². The molecule has 0 spiro atoms. The molecular formula is C13H21NO3S. The minimum Gasteiger partial charge on any atom is -0.481 e. The van der Waals surface area contributed by atoms with Gasteiger partial charge in [0.25, 0.3) is 0 Å². The maximum absolute atomic E-state index is 12.7. The van der Waals surface area contributed by atoms with Gasteiger partial charge in [0.05, 0.1) is 17.2 Å². The smallest absolute Gasteiger partial charge is 0.307 e. The van der Waals surface area contributed by atoms with Crippen LogP contribution in [0.3, 0.4) is 0 Å². The van der Waals surface area contributed by atoms with Crippen LogP contribution in [-0.2, 0) is 9.59 Å². The summed E-state index contributed by atoms with van der Waals surface area (Å²) in [6, 6.07) is 0. The summed E-state index contributed by atoms with van der Waals surface area (Å²) < 4.78 is 0. The van der Waals surface area contributed by atoms with E-state index in [1.54, 1.807) is 11.8 Å². The summed E-state index contributed by atoms with van der Waals surface area (Å²) in [7, 11) is 0. The van der Waals surface area contributed by atoms with E-state index in [-0.39, 0.29) is 5.91 Å². The third kappa shape index (κ3) is 1.83. The Bertz CT molecular complexity index is 376. The third-order valence-corrected chi connectivity index (χ3v) is 6.00. The number of carboxylic acid groups (broad SMARTS) is 1. The topological polar surface area (TPSA) is 57.6 Å². The quantitative estimate of drug-likeness (QED) is 0.835. The fourth-order valence-electron chi connectivity index (χ4n) is 3.24. The van der Waals surface area contributed by atoms with Gasteiger partial charge in [0.15, 0.2) is 0 Å². The van der Waals surface area contributed by atoms with Crippen molar-refractivity contribution in [1.29, 1.82) is 0 Å². The summed E-state index contributed by atoms with van der Waals surface area (Å²) in [5.41, 5.74) is -1.02. The van der Waals surface area contributed by atoms with Crippen molar-refractivity contribution in [1.82, 2.24) is 4.90 Å². The maximum atomic E-state index is 12.7. The van der Waals surface area contributed by atoms with E-state index >= 15 is 0 Å². The Balaban J connectivity index is 2.25. The van der Waals surface area contributed by atoms with Crippen molar-refractivity contribution in [3.8, 4) is 0 Å². The highest BCUT2D eigenvalue weighted by Crippen LogP contribution is 2.57. The van der Waals surface area contributed by atoms with E-state index in [4.69, 9.17) is 0 Å². The molecule has 1 aliphatic carbocycles. The number of carbonyl (C=O) groups excluding carboxylic acids is 1. The molecule has 0 bridgehead atoms. The molecule has 2 aliphatic rings. The Labute approximate surface area is 112 Å². The average molecular weight is 271 g/mol. The summed E-state index contributed by atoms with van der Waals surface area (Å²) in [6.07, 6.45) is 1.28. The molecule has 102 valence electrons. The van der Waals surface area contributed by atoms with Gasteiger partial charge in [-0.3, -0.25) is 9.59 Å². The molecule has 1 N–H and O–H groups in total. The van der Waals surface area contributed by atoms with Crippen LogP contribution in [0.5, 0.6) is 0 Å². The second-order valence-electron chi connectivity index (χ2n) is 6.09. The number of thioether (sulfide) groups is 1. The number of nitrogens with zero attached hydrogens (tertiary/aromatic N) is 1. The highest BCUT2D eigenvalue weighted by atomic mass is 32.2. The molecule has 0 aromatic heterocycles. The summed E-state index contributed by atoms with van der Waals surface area (Å²) >= 11 is 1.76. The first-order valence-corrected chi connectivity index (χ1v) is 7.56. The predicted octanol–water partition coefficient (Wildman–Crippen LogP) is 2.05. The first-order chi connectivity index (χ1) is 8.30. The minimum absolute atomic E-state index is 0.140. The van der Waals surface area contributed by atoms with Crippen molar-refractivity contribution in [3.63, 3.8) is 0 Å². The molecule has 2 rings (SSSR count). The fraction of sp³-hybridized carbons (Fsp3) is 0.846. The molecule has 0 aromatic rings. The van der Waals surface area contributed by atoms with Crippen LogP contribution in [0, 0.1) is 16.7 Å². The number of hydrogen-bond acceptors (Lipinski definition) is 3. The predicted molar refractivity (Wildman–Crippen MR) is 71.3 cm³/mol. The lowest BCUT2D eigenvalue weighted by molar-refractivity contribution is -0.152. The van der Waals surface area contributed by atoms with E-state index in [1.807, 2.05) is 25.7 Å². The standard InChI is InChI=1S/C13H21NO3S/c1-12(2)9(10(15)16)4-5-13(12,3)11(17)14-6-7-18-8-14/h9H,4-8H2,1-3H3,(H,15,16). The molecule has 2 atom stereocenters. The van der Waals surface area contributed by atoms with Crippen molar-refractivity contribution in [2.45, 2.75) is 33.6 Å². The number of rotatable bonds is 2. The molecule has 2 unspecified atom stereocenters. The molecule has 2 fully saturated rings. The number of amides is 1. The van der Waals surface area contributed by atoms with Crippen LogP contribution in [0.1, 0.15) is 33.6 Å². The summed E-state index contributed by atoms with van der Waals surface area (Å²) in [6.45, 7) is 6.61. The van der Waals surface area contributed by atoms with Gasteiger partial charge in [-0.25, -0.2) is 0 Å². The molecule has 0 radical (unpaired) electrons. The summed E-state index contributed by atoms with van der Waals surface area (Å²) in [4.78, 5) is 25.9. The Hall–Kier alpha value is -0.710. The zero-order chi connectivity index (χ0) is 13.6. The molecule has 1 saturated heterocycles. The highest BCUT2D eigenvalue weighted by Gasteiger charge is 2.59. The Morgan fingerprint density at radius 2 is 2.00 bits per heavy atom. The average Bonchev–Trinajstić information content (AvgIpc) is 2.86. The Morgan fingerprint density at radius 1 is 1.33 bits per heavy atom. The van der Waals surface area contributed by atoms with Crippen molar-refractivity contribution in [2.75, 3.05) is 18.2 Å². The lowest BCUT2D eigenvalue weighted by Gasteiger charge is -2.41. The lowest BCUT2D eigenvalue weighted by Crippen LogP contribution is -2.49. The van der Waals surface area contributed by atoms with Crippen LogP contribution in [0.25, 0.3) is 0 Å². The second kappa shape index (κ2) is 4.44. The number of hydrogen-bond donors (Lipinski definition) is 1. The van der Waals surface area contributed by atoms with E-state index < -0.39 is 22.7 Å². The fourth-order valence-corrected chi connectivity index (χ4v) is 4.18. The zero-order valence-corrected chi connectivity index (χ0v) is 12.0. The Kier molecular flexibility index (Phi) is 3.38. The number of carboxylic acids is 1. The Morgan fingerprint density at radius 3 is 2.44 bits per heavy atom. The van der Waals surface area contributed by atoms with E-state index in [0.717, 1.165) is 18.2 Å². The molecular weight excluding hydrogens is 250 g/mol. The van der Waals surface area contributed by atoms with Gasteiger partial charge in [-0.1, -0.05) is 20.8 Å². The molecule has 18 heavy (non-hydrogen) atoms. The molecule has 1 saturated carbocycles. The van der Waals surface area contributed by atoms with Gasteiger partial charge < -0.3 is 10.0 Å². The minimum atomic E-state index is -0.771. The SMILES string of the molecule is CC1(C(=O)N2CCSC2)CCC(C(=O)O)C1(C)C. The molecule has 1 aliphatic heterocycles. The molecule has 0 aromatic carbocycles. The van der Waals surface area contributed by atoms with E-state index in [0.29, 0.717) is 12.8 Å². The van der Waals surface area contributed by atoms with Gasteiger partial charge in [-0.2, -0.15) is 0 Å². The van der Waals surface area contributed by atoms with Crippen LogP contribution in [0.4, 0.5) is 0 Å². The van der Waals surface area contributed by atoms with Crippen LogP contribution in [0.15, 0.2) is 0 Å². The molecule has 4 nitrogen and oxygen atoms in total. The van der Waals surface area contributed by atoms with Crippen molar-refractivity contribution >= 4 is 23.6 Å². The monoisotopic (exact) mass is 271 g/mol. The van der Waals surface area contributed by atoms with Crippen LogP contribution < -0.4 is 0 Å². The van der Waals surface area contributed by atoms with Gasteiger partial charge in [-0.15, -0.1) is 11.8 Å². The molecule has 1 heterocycles. The van der Waals surface area contributed by atoms with E-state index in [2.05, 4.69) is 0 Å². The van der Waals surface area contributed by atoms with Crippen molar-refractivity contribution in [2.24, 2.45) is 16.7 Å².